The number of hydrogen-bond donors (Lipinski definition) is 1. The summed E-state index contributed by atoms with van der Waals surface area (Å²) >= 11 is 3.39. The third-order valence-corrected chi connectivity index (χ3v) is 8.45. The van der Waals surface area contributed by atoms with Crippen molar-refractivity contribution in [3.05, 3.63) is 34.3 Å². The quantitative estimate of drug-likeness (QED) is 0.556. The molecule has 0 saturated carbocycles. The van der Waals surface area contributed by atoms with Crippen molar-refractivity contribution < 1.29 is 13.2 Å². The smallest absolute Gasteiger partial charge is 0.223 e. The summed E-state index contributed by atoms with van der Waals surface area (Å²) in [6, 6.07) is 7.39. The molecule has 0 aliphatic carbocycles. The van der Waals surface area contributed by atoms with Crippen LogP contribution in [-0.4, -0.2) is 62.8 Å². The van der Waals surface area contributed by atoms with E-state index in [-0.39, 0.29) is 17.6 Å². The second-order valence-corrected chi connectivity index (χ2v) is 11.3. The van der Waals surface area contributed by atoms with E-state index in [1.54, 1.807) is 0 Å². The molecule has 0 radical (unpaired) electrons. The maximum Gasteiger partial charge on any atom is 0.223 e. The highest BCUT2D eigenvalue weighted by atomic mass is 79.9. The molecule has 30 heavy (non-hydrogen) atoms. The summed E-state index contributed by atoms with van der Waals surface area (Å²) < 4.78 is 27.9. The first-order valence-electron chi connectivity index (χ1n) is 11.2. The Morgan fingerprint density at radius 3 is 2.43 bits per heavy atom. The van der Waals surface area contributed by atoms with Gasteiger partial charge in [0.05, 0.1) is 5.75 Å². The van der Waals surface area contributed by atoms with E-state index in [0.29, 0.717) is 32.5 Å². The minimum atomic E-state index is -3.36. The average Bonchev–Trinajstić information content (AvgIpc) is 3.00. The zero-order valence-corrected chi connectivity index (χ0v) is 20.1. The molecule has 2 fully saturated rings. The molecule has 0 spiro atoms. The zero-order chi connectivity index (χ0) is 21.4. The Kier molecular flexibility index (Phi) is 9.16. The van der Waals surface area contributed by atoms with Gasteiger partial charge in [-0.15, -0.1) is 0 Å². The minimum absolute atomic E-state index is 0.000195. The van der Waals surface area contributed by atoms with Crippen LogP contribution in [0.2, 0.25) is 0 Å². The number of sulfonamides is 1. The number of hydrogen-bond acceptors (Lipinski definition) is 4. The highest BCUT2D eigenvalue weighted by molar-refractivity contribution is 9.10. The number of amides is 1. The van der Waals surface area contributed by atoms with Gasteiger partial charge < -0.3 is 10.2 Å². The van der Waals surface area contributed by atoms with Crippen LogP contribution in [0.25, 0.3) is 0 Å². The summed E-state index contributed by atoms with van der Waals surface area (Å²) in [7, 11) is -3.36. The van der Waals surface area contributed by atoms with Gasteiger partial charge in [0, 0.05) is 30.0 Å². The summed E-state index contributed by atoms with van der Waals surface area (Å²) in [4.78, 5) is 15.0. The van der Waals surface area contributed by atoms with E-state index >= 15 is 0 Å². The van der Waals surface area contributed by atoms with Crippen molar-refractivity contribution >= 4 is 31.9 Å². The van der Waals surface area contributed by atoms with Crippen molar-refractivity contribution in [2.45, 2.75) is 50.7 Å². The third-order valence-electron chi connectivity index (χ3n) is 6.11. The standard InChI is InChI=1S/C22H34BrN3O3S/c23-21-8-5-7-19(17-21)18-30(28,29)26-15-9-20(10-16-26)22(27)24-11-6-14-25-12-3-1-2-4-13-25/h5,7-8,17,20H,1-4,6,9-16,18H2,(H,24,27). The number of piperidine rings is 1. The zero-order valence-electron chi connectivity index (χ0n) is 17.7. The van der Waals surface area contributed by atoms with Gasteiger partial charge in [0.15, 0.2) is 0 Å². The number of rotatable bonds is 8. The lowest BCUT2D eigenvalue weighted by molar-refractivity contribution is -0.126. The summed E-state index contributed by atoms with van der Waals surface area (Å²) in [5.41, 5.74) is 0.772. The van der Waals surface area contributed by atoms with E-state index in [9.17, 15) is 13.2 Å². The van der Waals surface area contributed by atoms with E-state index in [1.807, 2.05) is 24.3 Å². The normalized spacial score (nSPS) is 20.0. The van der Waals surface area contributed by atoms with Crippen LogP contribution in [0.3, 0.4) is 0 Å². The molecular weight excluding hydrogens is 466 g/mol. The first-order valence-corrected chi connectivity index (χ1v) is 13.6. The average molecular weight is 501 g/mol. The topological polar surface area (TPSA) is 69.7 Å². The number of carbonyl (C=O) groups is 1. The van der Waals surface area contributed by atoms with Gasteiger partial charge in [0.1, 0.15) is 0 Å². The first kappa shape index (κ1) is 23.7. The Morgan fingerprint density at radius 2 is 1.77 bits per heavy atom. The largest absolute Gasteiger partial charge is 0.356 e. The van der Waals surface area contributed by atoms with Crippen molar-refractivity contribution in [1.29, 1.82) is 0 Å². The van der Waals surface area contributed by atoms with Crippen molar-refractivity contribution in [1.82, 2.24) is 14.5 Å². The number of benzene rings is 1. The van der Waals surface area contributed by atoms with Gasteiger partial charge in [-0.1, -0.05) is 40.9 Å². The second kappa shape index (κ2) is 11.6. The molecule has 0 aromatic heterocycles. The second-order valence-electron chi connectivity index (χ2n) is 8.46. The fourth-order valence-corrected chi connectivity index (χ4v) is 6.34. The van der Waals surface area contributed by atoms with Gasteiger partial charge in [-0.3, -0.25) is 4.79 Å². The fraction of sp³-hybridized carbons (Fsp3) is 0.682. The van der Waals surface area contributed by atoms with Crippen LogP contribution in [0.4, 0.5) is 0 Å². The molecule has 1 aromatic rings. The Hall–Kier alpha value is -0.960. The fourth-order valence-electron chi connectivity index (χ4n) is 4.34. The molecule has 0 atom stereocenters. The maximum absolute atomic E-state index is 12.7. The van der Waals surface area contributed by atoms with Crippen molar-refractivity contribution in [3.63, 3.8) is 0 Å². The number of nitrogens with zero attached hydrogens (tertiary/aromatic N) is 2. The molecule has 0 unspecified atom stereocenters. The number of likely N-dealkylation sites (tertiary alicyclic amines) is 1. The molecule has 0 bridgehead atoms. The van der Waals surface area contributed by atoms with Crippen molar-refractivity contribution in [2.75, 3.05) is 39.3 Å². The van der Waals surface area contributed by atoms with Gasteiger partial charge in [-0.25, -0.2) is 12.7 Å². The van der Waals surface area contributed by atoms with E-state index < -0.39 is 10.0 Å². The Bertz CT molecular complexity index is 787. The van der Waals surface area contributed by atoms with Crippen LogP contribution in [0.1, 0.15) is 50.5 Å². The van der Waals surface area contributed by atoms with Crippen LogP contribution in [0, 0.1) is 5.92 Å². The summed E-state index contributed by atoms with van der Waals surface area (Å²) in [6.07, 6.45) is 7.41. The molecule has 168 valence electrons. The lowest BCUT2D eigenvalue weighted by Gasteiger charge is -2.30. The third kappa shape index (κ3) is 7.32. The van der Waals surface area contributed by atoms with Crippen LogP contribution < -0.4 is 5.32 Å². The monoisotopic (exact) mass is 499 g/mol. The molecule has 1 N–H and O–H groups in total. The SMILES string of the molecule is O=C(NCCCN1CCCCCC1)C1CCN(S(=O)(=O)Cc2cccc(Br)c2)CC1. The summed E-state index contributed by atoms with van der Waals surface area (Å²) in [5.74, 6) is -0.00444. The summed E-state index contributed by atoms with van der Waals surface area (Å²) in [6.45, 7) is 4.95. The number of halogens is 1. The Balaban J connectivity index is 1.37. The van der Waals surface area contributed by atoms with Gasteiger partial charge in [0.25, 0.3) is 0 Å². The molecule has 8 heteroatoms. The Labute approximate surface area is 189 Å². The van der Waals surface area contributed by atoms with Gasteiger partial charge >= 0.3 is 0 Å². The molecule has 2 aliphatic rings. The molecule has 6 nitrogen and oxygen atoms in total. The van der Waals surface area contributed by atoms with E-state index in [4.69, 9.17) is 0 Å². The van der Waals surface area contributed by atoms with Crippen LogP contribution in [0.15, 0.2) is 28.7 Å². The van der Waals surface area contributed by atoms with Crippen LogP contribution >= 0.6 is 15.9 Å². The van der Waals surface area contributed by atoms with Gasteiger partial charge in [0.2, 0.25) is 15.9 Å². The van der Waals surface area contributed by atoms with E-state index in [0.717, 1.165) is 23.0 Å². The molecular formula is C22H34BrN3O3S. The highest BCUT2D eigenvalue weighted by Crippen LogP contribution is 2.23. The van der Waals surface area contributed by atoms with E-state index in [2.05, 4.69) is 26.1 Å². The molecule has 2 aliphatic heterocycles. The van der Waals surface area contributed by atoms with Crippen LogP contribution in [-0.2, 0) is 20.6 Å². The van der Waals surface area contributed by atoms with Crippen molar-refractivity contribution in [2.24, 2.45) is 5.92 Å². The predicted octanol–water partition coefficient (Wildman–Crippen LogP) is 3.37. The number of nitrogens with one attached hydrogen (secondary N) is 1. The van der Waals surface area contributed by atoms with Gasteiger partial charge in [-0.2, -0.15) is 0 Å². The Morgan fingerprint density at radius 1 is 1.07 bits per heavy atom. The first-order chi connectivity index (χ1) is 14.4. The van der Waals surface area contributed by atoms with Crippen LogP contribution in [0.5, 0.6) is 0 Å². The lowest BCUT2D eigenvalue weighted by Crippen LogP contribution is -2.43. The lowest BCUT2D eigenvalue weighted by atomic mass is 9.97. The summed E-state index contributed by atoms with van der Waals surface area (Å²) in [5, 5.41) is 3.07. The molecule has 1 amide bonds. The van der Waals surface area contributed by atoms with Gasteiger partial charge in [-0.05, 0) is 69.4 Å². The highest BCUT2D eigenvalue weighted by Gasteiger charge is 2.31. The minimum Gasteiger partial charge on any atom is -0.356 e. The maximum atomic E-state index is 12.7. The predicted molar refractivity (Wildman–Crippen MR) is 124 cm³/mol. The molecule has 3 rings (SSSR count). The number of carbonyl (C=O) groups excluding carboxylic acids is 1. The van der Waals surface area contributed by atoms with E-state index in [1.165, 1.54) is 43.1 Å². The van der Waals surface area contributed by atoms with Crippen molar-refractivity contribution in [3.8, 4) is 0 Å². The molecule has 2 heterocycles. The molecule has 1 aromatic carbocycles. The molecule has 2 saturated heterocycles.